The molecule has 0 saturated heterocycles. The Balaban J connectivity index is 1.57. The van der Waals surface area contributed by atoms with Gasteiger partial charge in [0.2, 0.25) is 11.9 Å². The maximum absolute atomic E-state index is 13.3. The summed E-state index contributed by atoms with van der Waals surface area (Å²) in [5, 5.41) is 15.1. The van der Waals surface area contributed by atoms with Crippen molar-refractivity contribution in [2.45, 2.75) is 19.6 Å². The molecule has 1 atom stereocenters. The van der Waals surface area contributed by atoms with Gasteiger partial charge in [-0.1, -0.05) is 59.7 Å². The summed E-state index contributed by atoms with van der Waals surface area (Å²) in [7, 11) is 0. The first-order valence-corrected chi connectivity index (χ1v) is 10.3. The molecule has 0 amide bonds. The number of ether oxygens (including phenoxy) is 1. The van der Waals surface area contributed by atoms with Crippen LogP contribution in [-0.4, -0.2) is 36.1 Å². The molecule has 1 unspecified atom stereocenters. The van der Waals surface area contributed by atoms with Gasteiger partial charge in [0.25, 0.3) is 0 Å². The van der Waals surface area contributed by atoms with Gasteiger partial charge in [-0.25, -0.2) is 14.8 Å². The number of tetrazole rings is 1. The highest BCUT2D eigenvalue weighted by molar-refractivity contribution is 5.93. The van der Waals surface area contributed by atoms with Crippen LogP contribution in [0.1, 0.15) is 24.1 Å². The Morgan fingerprint density at radius 3 is 2.61 bits per heavy atom. The average molecular weight is 440 g/mol. The van der Waals surface area contributed by atoms with Gasteiger partial charge in [-0.15, -0.1) is 0 Å². The van der Waals surface area contributed by atoms with E-state index in [9.17, 15) is 4.79 Å². The molecule has 2 aromatic heterocycles. The van der Waals surface area contributed by atoms with Gasteiger partial charge in [0.1, 0.15) is 12.6 Å². The zero-order valence-electron chi connectivity index (χ0n) is 17.7. The molecule has 164 valence electrons. The van der Waals surface area contributed by atoms with Gasteiger partial charge >= 0.3 is 5.97 Å². The number of carbonyl (C=O) groups is 1. The second-order valence-electron chi connectivity index (χ2n) is 7.49. The van der Waals surface area contributed by atoms with Crippen molar-refractivity contribution in [3.8, 4) is 11.1 Å². The number of carbonyl (C=O) groups excluding carboxylic acids is 1. The van der Waals surface area contributed by atoms with Crippen LogP contribution in [0.4, 0.5) is 11.9 Å². The fourth-order valence-corrected chi connectivity index (χ4v) is 3.84. The number of aromatic nitrogens is 6. The molecule has 5 rings (SSSR count). The molecule has 4 aromatic rings. The first-order chi connectivity index (χ1) is 16.1. The highest BCUT2D eigenvalue weighted by Gasteiger charge is 2.36. The van der Waals surface area contributed by atoms with E-state index in [2.05, 4.69) is 30.8 Å². The lowest BCUT2D eigenvalue weighted by Crippen LogP contribution is -2.30. The summed E-state index contributed by atoms with van der Waals surface area (Å²) in [6, 6.07) is 16.6. The lowest BCUT2D eigenvalue weighted by molar-refractivity contribution is -0.140. The van der Waals surface area contributed by atoms with Crippen molar-refractivity contribution < 1.29 is 9.53 Å². The molecule has 2 aromatic carbocycles. The van der Waals surface area contributed by atoms with Crippen molar-refractivity contribution in [1.82, 2.24) is 30.2 Å². The lowest BCUT2D eigenvalue weighted by Gasteiger charge is -2.28. The molecule has 0 fully saturated rings. The Kier molecular flexibility index (Phi) is 5.23. The third-order valence-corrected chi connectivity index (χ3v) is 5.38. The molecule has 10 nitrogen and oxygen atoms in total. The van der Waals surface area contributed by atoms with Crippen molar-refractivity contribution in [3.05, 3.63) is 89.4 Å². The molecular weight excluding hydrogens is 420 g/mol. The van der Waals surface area contributed by atoms with Crippen LogP contribution in [0.3, 0.4) is 0 Å². The predicted molar refractivity (Wildman–Crippen MR) is 120 cm³/mol. The summed E-state index contributed by atoms with van der Waals surface area (Å²) in [5.74, 6) is 0.153. The van der Waals surface area contributed by atoms with E-state index in [1.807, 2.05) is 54.6 Å². The van der Waals surface area contributed by atoms with Gasteiger partial charge in [-0.3, -0.25) is 0 Å². The Bertz CT molecular complexity index is 1330. The SMILES string of the molecule is CC1=C(C(=O)OCc2ccccc2)C(c2ccccc2-c2cnc(N)nc2)n2nnnc2N1. The highest BCUT2D eigenvalue weighted by atomic mass is 16.5. The normalized spacial score (nSPS) is 15.0. The lowest BCUT2D eigenvalue weighted by atomic mass is 9.90. The van der Waals surface area contributed by atoms with Crippen LogP contribution in [-0.2, 0) is 16.1 Å². The number of nitrogens with two attached hydrogens (primary N) is 1. The van der Waals surface area contributed by atoms with Gasteiger partial charge in [0.15, 0.2) is 0 Å². The molecule has 10 heteroatoms. The number of anilines is 2. The standard InChI is InChI=1S/C23H20N8O2/c1-14-19(21(32)33-13-15-7-3-2-4-8-15)20(31-23(27-14)28-29-30-31)18-10-6-5-9-17(18)16-11-25-22(24)26-12-16/h2-12,20H,13H2,1H3,(H2,24,25,26)(H,27,28,30). The monoisotopic (exact) mass is 440 g/mol. The Morgan fingerprint density at radius 2 is 1.82 bits per heavy atom. The molecule has 0 saturated carbocycles. The Morgan fingerprint density at radius 1 is 1.09 bits per heavy atom. The van der Waals surface area contributed by atoms with Crippen LogP contribution in [0.15, 0.2) is 78.3 Å². The summed E-state index contributed by atoms with van der Waals surface area (Å²) in [5.41, 5.74) is 9.96. The number of allylic oxidation sites excluding steroid dienone is 1. The maximum Gasteiger partial charge on any atom is 0.338 e. The quantitative estimate of drug-likeness (QED) is 0.449. The van der Waals surface area contributed by atoms with Crippen LogP contribution < -0.4 is 11.1 Å². The first-order valence-electron chi connectivity index (χ1n) is 10.3. The van der Waals surface area contributed by atoms with Crippen LogP contribution in [0.25, 0.3) is 11.1 Å². The molecule has 0 radical (unpaired) electrons. The second kappa shape index (κ2) is 8.50. The van der Waals surface area contributed by atoms with Gasteiger partial charge in [0.05, 0.1) is 5.57 Å². The fourth-order valence-electron chi connectivity index (χ4n) is 3.84. The molecule has 0 spiro atoms. The predicted octanol–water partition coefficient (Wildman–Crippen LogP) is 2.74. The van der Waals surface area contributed by atoms with E-state index >= 15 is 0 Å². The van der Waals surface area contributed by atoms with Crippen LogP contribution in [0, 0.1) is 0 Å². The molecule has 0 bridgehead atoms. The van der Waals surface area contributed by atoms with Crippen molar-refractivity contribution in [2.75, 3.05) is 11.1 Å². The molecular formula is C23H20N8O2. The molecule has 33 heavy (non-hydrogen) atoms. The van der Waals surface area contributed by atoms with E-state index in [-0.39, 0.29) is 12.6 Å². The highest BCUT2D eigenvalue weighted by Crippen LogP contribution is 2.39. The summed E-state index contributed by atoms with van der Waals surface area (Å²) >= 11 is 0. The van der Waals surface area contributed by atoms with E-state index in [1.165, 1.54) is 0 Å². The number of hydrogen-bond donors (Lipinski definition) is 2. The van der Waals surface area contributed by atoms with Gasteiger partial charge < -0.3 is 15.8 Å². The van der Waals surface area contributed by atoms with Crippen LogP contribution in [0.5, 0.6) is 0 Å². The summed E-state index contributed by atoms with van der Waals surface area (Å²) in [6.07, 6.45) is 3.29. The third kappa shape index (κ3) is 3.89. The molecule has 3 heterocycles. The third-order valence-electron chi connectivity index (χ3n) is 5.38. The largest absolute Gasteiger partial charge is 0.457 e. The smallest absolute Gasteiger partial charge is 0.338 e. The zero-order chi connectivity index (χ0) is 22.8. The zero-order valence-corrected chi connectivity index (χ0v) is 17.7. The second-order valence-corrected chi connectivity index (χ2v) is 7.49. The minimum absolute atomic E-state index is 0.152. The maximum atomic E-state index is 13.3. The Labute approximate surface area is 189 Å². The minimum Gasteiger partial charge on any atom is -0.457 e. The minimum atomic E-state index is -0.617. The summed E-state index contributed by atoms with van der Waals surface area (Å²) in [6.45, 7) is 1.96. The molecule has 0 aliphatic carbocycles. The number of esters is 1. The van der Waals surface area contributed by atoms with E-state index in [4.69, 9.17) is 10.5 Å². The van der Waals surface area contributed by atoms with Crippen molar-refractivity contribution in [2.24, 2.45) is 0 Å². The summed E-state index contributed by atoms with van der Waals surface area (Å²) in [4.78, 5) is 21.6. The van der Waals surface area contributed by atoms with Gasteiger partial charge in [-0.2, -0.15) is 4.68 Å². The van der Waals surface area contributed by atoms with Gasteiger partial charge in [-0.05, 0) is 34.0 Å². The number of nitrogens with zero attached hydrogens (tertiary/aromatic N) is 6. The average Bonchev–Trinajstić information content (AvgIpc) is 3.31. The Hall–Kier alpha value is -4.60. The van der Waals surface area contributed by atoms with E-state index in [1.54, 1.807) is 24.0 Å². The first kappa shape index (κ1) is 20.3. The van der Waals surface area contributed by atoms with E-state index < -0.39 is 12.0 Å². The van der Waals surface area contributed by atoms with E-state index in [0.29, 0.717) is 17.2 Å². The number of hydrogen-bond acceptors (Lipinski definition) is 9. The fraction of sp³-hybridized carbons (Fsp3) is 0.130. The summed E-state index contributed by atoms with van der Waals surface area (Å²) < 4.78 is 7.26. The molecule has 3 N–H and O–H groups in total. The number of nitrogen functional groups attached to an aromatic ring is 1. The van der Waals surface area contributed by atoms with Crippen molar-refractivity contribution >= 4 is 17.9 Å². The van der Waals surface area contributed by atoms with Gasteiger partial charge in [0, 0.05) is 23.7 Å². The number of nitrogens with one attached hydrogen (secondary N) is 1. The van der Waals surface area contributed by atoms with Crippen molar-refractivity contribution in [1.29, 1.82) is 0 Å². The topological polar surface area (TPSA) is 134 Å². The van der Waals surface area contributed by atoms with Crippen LogP contribution in [0.2, 0.25) is 0 Å². The number of benzene rings is 2. The van der Waals surface area contributed by atoms with Crippen molar-refractivity contribution in [3.63, 3.8) is 0 Å². The van der Waals surface area contributed by atoms with E-state index in [0.717, 1.165) is 22.3 Å². The van der Waals surface area contributed by atoms with Crippen LogP contribution >= 0.6 is 0 Å². The molecule has 1 aliphatic heterocycles. The number of fused-ring (bicyclic) bond motifs is 1. The molecule has 1 aliphatic rings. The number of rotatable bonds is 5.